The highest BCUT2D eigenvalue weighted by Crippen LogP contribution is 2.51. The van der Waals surface area contributed by atoms with Gasteiger partial charge in [0.25, 0.3) is 0 Å². The monoisotopic (exact) mass is 647 g/mol. The van der Waals surface area contributed by atoms with E-state index in [2.05, 4.69) is 159 Å². The number of nitrogens with zero attached hydrogens (tertiary/aromatic N) is 1. The maximum absolute atomic E-state index is 9.25. The Labute approximate surface area is 297 Å². The molecule has 9 aromatic carbocycles. The summed E-state index contributed by atoms with van der Waals surface area (Å²) in [5.41, 5.74) is 13.0. The zero-order valence-electron chi connectivity index (χ0n) is 28.5. The molecule has 0 unspecified atom stereocenters. The van der Waals surface area contributed by atoms with Crippen molar-refractivity contribution in [3.05, 3.63) is 180 Å². The van der Waals surface area contributed by atoms with Gasteiger partial charge >= 0.3 is 0 Å². The first kappa shape index (κ1) is 29.4. The summed E-state index contributed by atoms with van der Waals surface area (Å²) < 4.78 is 0. The van der Waals surface area contributed by atoms with Crippen LogP contribution in [0.15, 0.2) is 164 Å². The van der Waals surface area contributed by atoms with Crippen LogP contribution in [0.5, 0.6) is 0 Å². The number of hydrogen-bond donors (Lipinski definition) is 0. The number of rotatable bonds is 3. The summed E-state index contributed by atoms with van der Waals surface area (Å²) in [6.45, 7) is 4.74. The molecule has 0 fully saturated rings. The van der Waals surface area contributed by atoms with Crippen LogP contribution in [-0.2, 0) is 5.41 Å². The molecule has 0 N–H and O–H groups in total. The van der Waals surface area contributed by atoms with Gasteiger partial charge in [-0.2, -0.15) is 5.26 Å². The first-order valence-corrected chi connectivity index (χ1v) is 17.7. The lowest BCUT2D eigenvalue weighted by Crippen LogP contribution is -2.15. The zero-order valence-corrected chi connectivity index (χ0v) is 28.5. The highest BCUT2D eigenvalue weighted by Gasteiger charge is 2.36. The lowest BCUT2D eigenvalue weighted by molar-refractivity contribution is 0.661. The molecule has 238 valence electrons. The number of nitriles is 1. The van der Waals surface area contributed by atoms with Crippen LogP contribution in [-0.4, -0.2) is 0 Å². The summed E-state index contributed by atoms with van der Waals surface area (Å²) in [5.74, 6) is 0. The van der Waals surface area contributed by atoms with Crippen LogP contribution in [0.4, 0.5) is 0 Å². The van der Waals surface area contributed by atoms with Gasteiger partial charge in [0.2, 0.25) is 0 Å². The van der Waals surface area contributed by atoms with Crippen LogP contribution in [0.1, 0.15) is 30.5 Å². The van der Waals surface area contributed by atoms with Gasteiger partial charge in [-0.05, 0) is 135 Å². The van der Waals surface area contributed by atoms with E-state index in [0.717, 1.165) is 11.1 Å². The van der Waals surface area contributed by atoms with E-state index in [-0.39, 0.29) is 5.41 Å². The number of benzene rings is 9. The van der Waals surface area contributed by atoms with Gasteiger partial charge in [-0.1, -0.05) is 141 Å². The quantitative estimate of drug-likeness (QED) is 0.175. The Hall–Kier alpha value is -6.49. The summed E-state index contributed by atoms with van der Waals surface area (Å²) in [5, 5.41) is 19.6. The average Bonchev–Trinajstić information content (AvgIpc) is 3.42. The molecule has 0 heterocycles. The summed E-state index contributed by atoms with van der Waals surface area (Å²) in [7, 11) is 0. The molecule has 0 amide bonds. The van der Waals surface area contributed by atoms with Crippen LogP contribution in [0, 0.1) is 11.3 Å². The third kappa shape index (κ3) is 4.40. The van der Waals surface area contributed by atoms with Gasteiger partial charge < -0.3 is 0 Å². The molecule has 1 nitrogen and oxygen atoms in total. The molecule has 0 spiro atoms. The third-order valence-electron chi connectivity index (χ3n) is 11.3. The van der Waals surface area contributed by atoms with Crippen LogP contribution in [0.3, 0.4) is 0 Å². The van der Waals surface area contributed by atoms with Gasteiger partial charge in [0, 0.05) is 5.41 Å². The summed E-state index contributed by atoms with van der Waals surface area (Å²) >= 11 is 0. The molecule has 0 radical (unpaired) electrons. The van der Waals surface area contributed by atoms with Gasteiger partial charge in [-0.15, -0.1) is 0 Å². The molecule has 0 bridgehead atoms. The Morgan fingerprint density at radius 2 is 0.843 bits per heavy atom. The molecule has 0 saturated heterocycles. The minimum absolute atomic E-state index is 0.170. The second-order valence-corrected chi connectivity index (χ2v) is 14.4. The first-order chi connectivity index (χ1) is 25.0. The minimum atomic E-state index is -0.170. The van der Waals surface area contributed by atoms with E-state index in [1.54, 1.807) is 0 Å². The van der Waals surface area contributed by atoms with E-state index in [0.29, 0.717) is 5.56 Å². The van der Waals surface area contributed by atoms with Crippen molar-refractivity contribution in [1.29, 1.82) is 5.26 Å². The van der Waals surface area contributed by atoms with Crippen LogP contribution in [0.25, 0.3) is 87.6 Å². The van der Waals surface area contributed by atoms with E-state index < -0.39 is 0 Å². The van der Waals surface area contributed by atoms with Crippen LogP contribution >= 0.6 is 0 Å². The maximum atomic E-state index is 9.25. The molecule has 1 aliphatic rings. The van der Waals surface area contributed by atoms with Crippen molar-refractivity contribution in [3.8, 4) is 50.6 Å². The van der Waals surface area contributed by atoms with Gasteiger partial charge in [-0.3, -0.25) is 0 Å². The summed E-state index contributed by atoms with van der Waals surface area (Å²) in [6.07, 6.45) is 0. The fourth-order valence-corrected chi connectivity index (χ4v) is 8.71. The maximum Gasteiger partial charge on any atom is 0.0991 e. The van der Waals surface area contributed by atoms with Gasteiger partial charge in [0.15, 0.2) is 0 Å². The molecular weight excluding hydrogens is 615 g/mol. The van der Waals surface area contributed by atoms with E-state index in [1.165, 1.54) is 87.6 Å². The predicted molar refractivity (Wildman–Crippen MR) is 215 cm³/mol. The fourth-order valence-electron chi connectivity index (χ4n) is 8.71. The smallest absolute Gasteiger partial charge is 0.0991 e. The van der Waals surface area contributed by atoms with Gasteiger partial charge in [0.1, 0.15) is 0 Å². The van der Waals surface area contributed by atoms with Crippen molar-refractivity contribution in [2.24, 2.45) is 0 Å². The van der Waals surface area contributed by atoms with E-state index >= 15 is 0 Å². The highest BCUT2D eigenvalue weighted by molar-refractivity contribution is 6.33. The number of fused-ring (bicyclic) bond motifs is 11. The molecule has 1 aliphatic carbocycles. The molecule has 9 aromatic rings. The number of hydrogen-bond acceptors (Lipinski definition) is 1. The standard InChI is InChI=1S/C50H33N/c1-50(2)47-27-35(34-11-9-10-33(26-34)32-20-18-31(30-51)19-21-32)22-24-41(47)42-25-23-36(28-48(42)50)45-29-46-39-14-4-3-12-37(39)38-13-5-7-16-43(38)49(46)44-17-8-6-15-40(44)45/h3-29H,1-2H3. The molecular formula is C50H33N. The Kier molecular flexibility index (Phi) is 6.35. The fraction of sp³-hybridized carbons (Fsp3) is 0.0600. The SMILES string of the molecule is CC1(C)c2cc(-c3cccc(-c4ccc(C#N)cc4)c3)ccc2-c2ccc(-c3cc4c5ccccc5c5ccccc5c4c4ccccc34)cc21. The highest BCUT2D eigenvalue weighted by atomic mass is 14.4. The van der Waals surface area contributed by atoms with E-state index in [1.807, 2.05) is 24.3 Å². The lowest BCUT2D eigenvalue weighted by atomic mass is 9.80. The Balaban J connectivity index is 1.11. The molecule has 51 heavy (non-hydrogen) atoms. The third-order valence-corrected chi connectivity index (χ3v) is 11.3. The van der Waals surface area contributed by atoms with E-state index in [4.69, 9.17) is 0 Å². The molecule has 0 aliphatic heterocycles. The van der Waals surface area contributed by atoms with Gasteiger partial charge in [-0.25, -0.2) is 0 Å². The largest absolute Gasteiger partial charge is 0.192 e. The topological polar surface area (TPSA) is 23.8 Å². The molecule has 1 heteroatoms. The second-order valence-electron chi connectivity index (χ2n) is 14.4. The van der Waals surface area contributed by atoms with Crippen molar-refractivity contribution in [1.82, 2.24) is 0 Å². The first-order valence-electron chi connectivity index (χ1n) is 17.7. The van der Waals surface area contributed by atoms with Crippen molar-refractivity contribution >= 4 is 43.1 Å². The Morgan fingerprint density at radius 1 is 0.373 bits per heavy atom. The van der Waals surface area contributed by atoms with Crippen molar-refractivity contribution in [2.75, 3.05) is 0 Å². The Bertz CT molecular complexity index is 2940. The van der Waals surface area contributed by atoms with E-state index in [9.17, 15) is 5.26 Å². The molecule has 10 rings (SSSR count). The zero-order chi connectivity index (χ0) is 34.3. The predicted octanol–water partition coefficient (Wildman–Crippen LogP) is 13.5. The lowest BCUT2D eigenvalue weighted by Gasteiger charge is -2.23. The van der Waals surface area contributed by atoms with Crippen molar-refractivity contribution < 1.29 is 0 Å². The average molecular weight is 648 g/mol. The van der Waals surface area contributed by atoms with Gasteiger partial charge in [0.05, 0.1) is 11.6 Å². The Morgan fingerprint density at radius 3 is 1.49 bits per heavy atom. The van der Waals surface area contributed by atoms with Crippen LogP contribution < -0.4 is 0 Å². The van der Waals surface area contributed by atoms with Crippen molar-refractivity contribution in [3.63, 3.8) is 0 Å². The molecule has 0 saturated carbocycles. The van der Waals surface area contributed by atoms with Crippen LogP contribution in [0.2, 0.25) is 0 Å². The summed E-state index contributed by atoms with van der Waals surface area (Å²) in [4.78, 5) is 0. The normalized spacial score (nSPS) is 13.0. The summed E-state index contributed by atoms with van der Waals surface area (Å²) in [6, 6.07) is 62.0. The molecule has 0 atom stereocenters. The molecule has 0 aromatic heterocycles. The van der Waals surface area contributed by atoms with Crippen molar-refractivity contribution in [2.45, 2.75) is 19.3 Å². The second kappa shape index (κ2) is 11.0. The minimum Gasteiger partial charge on any atom is -0.192 e.